The van der Waals surface area contributed by atoms with Crippen LogP contribution in [0.5, 0.6) is 0 Å². The number of aryl methyl sites for hydroxylation is 3. The molecule has 0 spiro atoms. The van der Waals surface area contributed by atoms with Gasteiger partial charge in [0.2, 0.25) is 0 Å². The summed E-state index contributed by atoms with van der Waals surface area (Å²) in [5.41, 5.74) is 3.99. The fraction of sp³-hybridized carbons (Fsp3) is 0.240. The third-order valence-corrected chi connectivity index (χ3v) is 6.12. The lowest BCUT2D eigenvalue weighted by molar-refractivity contribution is -0.0969. The highest BCUT2D eigenvalue weighted by atomic mass is 79.9. The molecule has 0 radical (unpaired) electrons. The van der Waals surface area contributed by atoms with Crippen molar-refractivity contribution in [2.45, 2.75) is 33.2 Å². The van der Waals surface area contributed by atoms with Crippen molar-refractivity contribution in [1.82, 2.24) is 20.3 Å². The molecule has 174 valence electrons. The SMILES string of the molecule is Cc1ccc(CC(CON2C(=O)c3ccccc3C2=O)NC(=O)c2nc(C)ncc2Br)c(C)c1. The molecule has 2 heterocycles. The standard InChI is InChI=1S/C25H23BrN4O4/c1-14-8-9-17(15(2)10-14)11-18(29-23(31)22-21(26)12-27-16(3)28-22)13-34-30-24(32)19-6-4-5-7-20(19)25(30)33/h4-10,12,18H,11,13H2,1-3H3,(H,29,31). The lowest BCUT2D eigenvalue weighted by Gasteiger charge is -2.22. The van der Waals surface area contributed by atoms with Crippen LogP contribution in [0.2, 0.25) is 0 Å². The summed E-state index contributed by atoms with van der Waals surface area (Å²) in [6, 6.07) is 12.1. The van der Waals surface area contributed by atoms with Gasteiger partial charge in [-0.1, -0.05) is 35.9 Å². The number of imide groups is 1. The first-order chi connectivity index (χ1) is 16.2. The first kappa shape index (κ1) is 23.7. The van der Waals surface area contributed by atoms with Gasteiger partial charge in [-0.15, -0.1) is 5.06 Å². The number of benzene rings is 2. The molecule has 0 aliphatic carbocycles. The van der Waals surface area contributed by atoms with Crippen LogP contribution in [-0.4, -0.2) is 45.4 Å². The molecule has 0 fully saturated rings. The van der Waals surface area contributed by atoms with Gasteiger partial charge < -0.3 is 5.32 Å². The predicted octanol–water partition coefficient (Wildman–Crippen LogP) is 3.73. The number of aromatic nitrogens is 2. The van der Waals surface area contributed by atoms with E-state index in [2.05, 4.69) is 37.3 Å². The van der Waals surface area contributed by atoms with Gasteiger partial charge in [-0.25, -0.2) is 9.97 Å². The molecular formula is C25H23BrN4O4. The van der Waals surface area contributed by atoms with E-state index in [1.807, 2.05) is 26.0 Å². The molecule has 4 rings (SSSR count). The van der Waals surface area contributed by atoms with Crippen molar-refractivity contribution >= 4 is 33.7 Å². The van der Waals surface area contributed by atoms with E-state index < -0.39 is 23.8 Å². The number of halogens is 1. The van der Waals surface area contributed by atoms with Gasteiger partial charge >= 0.3 is 0 Å². The van der Waals surface area contributed by atoms with E-state index in [-0.39, 0.29) is 12.3 Å². The number of nitrogens with zero attached hydrogens (tertiary/aromatic N) is 3. The maximum absolute atomic E-state index is 13.0. The summed E-state index contributed by atoms with van der Waals surface area (Å²) >= 11 is 3.32. The van der Waals surface area contributed by atoms with Crippen LogP contribution in [0.1, 0.15) is 53.7 Å². The minimum Gasteiger partial charge on any atom is -0.345 e. The van der Waals surface area contributed by atoms with E-state index in [4.69, 9.17) is 4.84 Å². The zero-order chi connectivity index (χ0) is 24.4. The molecule has 3 aromatic rings. The molecule has 1 aliphatic heterocycles. The van der Waals surface area contributed by atoms with Gasteiger partial charge in [0.15, 0.2) is 0 Å². The summed E-state index contributed by atoms with van der Waals surface area (Å²) in [6.07, 6.45) is 1.95. The van der Waals surface area contributed by atoms with Crippen molar-refractivity contribution < 1.29 is 19.2 Å². The molecule has 1 aromatic heterocycles. The van der Waals surface area contributed by atoms with Crippen molar-refractivity contribution in [2.75, 3.05) is 6.61 Å². The minimum atomic E-state index is -0.541. The second-order valence-electron chi connectivity index (χ2n) is 8.16. The molecule has 9 heteroatoms. The highest BCUT2D eigenvalue weighted by Gasteiger charge is 2.37. The summed E-state index contributed by atoms with van der Waals surface area (Å²) < 4.78 is 0.460. The number of carbonyl (C=O) groups is 3. The first-order valence-corrected chi connectivity index (χ1v) is 11.5. The second kappa shape index (κ2) is 9.82. The number of carbonyl (C=O) groups excluding carboxylic acids is 3. The van der Waals surface area contributed by atoms with Crippen molar-refractivity contribution in [1.29, 1.82) is 0 Å². The van der Waals surface area contributed by atoms with Crippen LogP contribution in [0.3, 0.4) is 0 Å². The molecule has 1 unspecified atom stereocenters. The molecule has 2 aromatic carbocycles. The topological polar surface area (TPSA) is 101 Å². The smallest absolute Gasteiger partial charge is 0.285 e. The van der Waals surface area contributed by atoms with Gasteiger partial charge in [0.25, 0.3) is 17.7 Å². The fourth-order valence-corrected chi connectivity index (χ4v) is 4.18. The van der Waals surface area contributed by atoms with Crippen LogP contribution >= 0.6 is 15.9 Å². The summed E-state index contributed by atoms with van der Waals surface area (Å²) in [5.74, 6) is -1.00. The largest absolute Gasteiger partial charge is 0.345 e. The second-order valence-corrected chi connectivity index (χ2v) is 9.02. The summed E-state index contributed by atoms with van der Waals surface area (Å²) in [4.78, 5) is 52.3. The third-order valence-electron chi connectivity index (χ3n) is 5.54. The van der Waals surface area contributed by atoms with E-state index in [9.17, 15) is 14.4 Å². The average Bonchev–Trinajstić information content (AvgIpc) is 3.05. The van der Waals surface area contributed by atoms with E-state index in [0.717, 1.165) is 21.8 Å². The summed E-state index contributed by atoms with van der Waals surface area (Å²) in [5, 5.41) is 3.69. The number of hydrogen-bond acceptors (Lipinski definition) is 6. The Kier molecular flexibility index (Phi) is 6.85. The zero-order valence-corrected chi connectivity index (χ0v) is 20.5. The Bertz CT molecular complexity index is 1260. The van der Waals surface area contributed by atoms with Crippen LogP contribution in [0.4, 0.5) is 0 Å². The van der Waals surface area contributed by atoms with Gasteiger partial charge in [-0.05, 0) is 66.4 Å². The van der Waals surface area contributed by atoms with Crippen molar-refractivity contribution in [3.05, 3.63) is 92.5 Å². The normalized spacial score (nSPS) is 13.7. The Morgan fingerprint density at radius 1 is 1.09 bits per heavy atom. The Morgan fingerprint density at radius 3 is 2.41 bits per heavy atom. The monoisotopic (exact) mass is 522 g/mol. The Morgan fingerprint density at radius 2 is 1.76 bits per heavy atom. The highest BCUT2D eigenvalue weighted by molar-refractivity contribution is 9.10. The van der Waals surface area contributed by atoms with Gasteiger partial charge in [-0.3, -0.25) is 19.2 Å². The number of fused-ring (bicyclic) bond motifs is 1. The summed E-state index contributed by atoms with van der Waals surface area (Å²) in [6.45, 7) is 5.61. The Balaban J connectivity index is 1.55. The molecule has 1 N–H and O–H groups in total. The summed E-state index contributed by atoms with van der Waals surface area (Å²) in [7, 11) is 0. The van der Waals surface area contributed by atoms with E-state index >= 15 is 0 Å². The van der Waals surface area contributed by atoms with Crippen LogP contribution in [0.15, 0.2) is 53.1 Å². The number of amides is 3. The van der Waals surface area contributed by atoms with Crippen LogP contribution in [0, 0.1) is 20.8 Å². The van der Waals surface area contributed by atoms with Gasteiger partial charge in [0.05, 0.1) is 28.2 Å². The molecule has 3 amide bonds. The molecule has 0 saturated carbocycles. The quantitative estimate of drug-likeness (QED) is 0.474. The zero-order valence-electron chi connectivity index (χ0n) is 19.0. The maximum Gasteiger partial charge on any atom is 0.285 e. The first-order valence-electron chi connectivity index (χ1n) is 10.7. The lowest BCUT2D eigenvalue weighted by atomic mass is 9.99. The third kappa shape index (κ3) is 4.90. The maximum atomic E-state index is 13.0. The van der Waals surface area contributed by atoms with Gasteiger partial charge in [0, 0.05) is 6.20 Å². The molecule has 0 bridgehead atoms. The van der Waals surface area contributed by atoms with Gasteiger partial charge in [0.1, 0.15) is 11.5 Å². The number of hydroxylamine groups is 2. The molecule has 1 aliphatic rings. The predicted molar refractivity (Wildman–Crippen MR) is 128 cm³/mol. The Hall–Kier alpha value is -3.43. The number of rotatable bonds is 7. The van der Waals surface area contributed by atoms with Crippen molar-refractivity contribution in [3.8, 4) is 0 Å². The average molecular weight is 523 g/mol. The molecular weight excluding hydrogens is 500 g/mol. The highest BCUT2D eigenvalue weighted by Crippen LogP contribution is 2.23. The molecule has 1 atom stereocenters. The lowest BCUT2D eigenvalue weighted by Crippen LogP contribution is -2.43. The molecule has 0 saturated heterocycles. The number of nitrogens with one attached hydrogen (secondary N) is 1. The van der Waals surface area contributed by atoms with Gasteiger partial charge in [-0.2, -0.15) is 0 Å². The van der Waals surface area contributed by atoms with Crippen LogP contribution in [0.25, 0.3) is 0 Å². The fourth-order valence-electron chi connectivity index (χ4n) is 3.81. The van der Waals surface area contributed by atoms with Crippen molar-refractivity contribution in [3.63, 3.8) is 0 Å². The van der Waals surface area contributed by atoms with E-state index in [1.165, 1.54) is 6.20 Å². The van der Waals surface area contributed by atoms with E-state index in [1.54, 1.807) is 31.2 Å². The number of hydrogen-bond donors (Lipinski definition) is 1. The Labute approximate surface area is 205 Å². The van der Waals surface area contributed by atoms with Crippen molar-refractivity contribution in [2.24, 2.45) is 0 Å². The van der Waals surface area contributed by atoms with Crippen LogP contribution in [-0.2, 0) is 11.3 Å². The minimum absolute atomic E-state index is 0.0911. The van der Waals surface area contributed by atoms with E-state index in [0.29, 0.717) is 27.8 Å². The molecule has 8 nitrogen and oxygen atoms in total. The molecule has 34 heavy (non-hydrogen) atoms. The van der Waals surface area contributed by atoms with Crippen LogP contribution < -0.4 is 5.32 Å².